The topological polar surface area (TPSA) is 106 Å². The van der Waals surface area contributed by atoms with E-state index in [4.69, 9.17) is 9.47 Å². The van der Waals surface area contributed by atoms with Crippen LogP contribution in [-0.4, -0.2) is 38.5 Å². The Bertz CT molecular complexity index is 1390. The quantitative estimate of drug-likeness (QED) is 0.191. The van der Waals surface area contributed by atoms with E-state index in [-0.39, 0.29) is 36.3 Å². The van der Waals surface area contributed by atoms with Gasteiger partial charge in [0.2, 0.25) is 0 Å². The van der Waals surface area contributed by atoms with Crippen LogP contribution in [0.3, 0.4) is 0 Å². The molecule has 1 aliphatic heterocycles. The third-order valence-corrected chi connectivity index (χ3v) is 11.1. The molecule has 1 saturated heterocycles. The van der Waals surface area contributed by atoms with Crippen LogP contribution in [0.15, 0.2) is 72.1 Å². The van der Waals surface area contributed by atoms with Gasteiger partial charge in [0, 0.05) is 41.7 Å². The third-order valence-electron chi connectivity index (χ3n) is 10.2. The Kier molecular flexibility index (Phi) is 8.64. The number of urea groups is 1. The fourth-order valence-electron chi connectivity index (χ4n) is 8.35. The highest BCUT2D eigenvalue weighted by Crippen LogP contribution is 2.55. The molecule has 2 aromatic carbocycles. The standard InChI is InChI=1S/C35H42N4O4S/c1-22-30(21-44-34-36-11-2-12-37-34)42-32(43-31(22)28-7-5-24(20-40)6-8-28)29-9-3-23(4-10-29)19-38-33(41)39-35-16-25-13-26(17-35)15-27(14-25)18-35/h2-12,22,25-27,30-32,40H,13-21H2,1H3,(H2,38,39,41). The molecule has 3 aromatic rings. The van der Waals surface area contributed by atoms with E-state index in [1.54, 1.807) is 24.2 Å². The Hall–Kier alpha value is -2.98. The van der Waals surface area contributed by atoms with Crippen LogP contribution in [0.4, 0.5) is 4.79 Å². The first-order valence-electron chi connectivity index (χ1n) is 16.0. The van der Waals surface area contributed by atoms with E-state index in [1.807, 2.05) is 54.6 Å². The molecule has 1 aromatic heterocycles. The molecular weight excluding hydrogens is 572 g/mol. The maximum Gasteiger partial charge on any atom is 0.315 e. The highest BCUT2D eigenvalue weighted by molar-refractivity contribution is 7.99. The lowest BCUT2D eigenvalue weighted by molar-refractivity contribution is -0.268. The van der Waals surface area contributed by atoms with Crippen molar-refractivity contribution in [3.63, 3.8) is 0 Å². The maximum absolute atomic E-state index is 13.0. The van der Waals surface area contributed by atoms with Crippen molar-refractivity contribution in [2.45, 2.75) is 87.8 Å². The zero-order valence-corrected chi connectivity index (χ0v) is 26.0. The SMILES string of the molecule is CC1C(CSc2ncccn2)OC(c2ccc(CNC(=O)NC34CC5CC(CC(C5)C3)C4)cc2)OC1c1ccc(CO)cc1. The van der Waals surface area contributed by atoms with Gasteiger partial charge in [-0.05, 0) is 79.0 Å². The van der Waals surface area contributed by atoms with Crippen LogP contribution in [0.25, 0.3) is 0 Å². The van der Waals surface area contributed by atoms with E-state index in [9.17, 15) is 9.90 Å². The molecule has 2 heterocycles. The number of aromatic nitrogens is 2. The van der Waals surface area contributed by atoms with Crippen molar-refractivity contribution in [1.29, 1.82) is 0 Å². The lowest BCUT2D eigenvalue weighted by atomic mass is 9.53. The van der Waals surface area contributed by atoms with E-state index >= 15 is 0 Å². The van der Waals surface area contributed by atoms with E-state index in [0.29, 0.717) is 12.3 Å². The Morgan fingerprint density at radius 3 is 2.16 bits per heavy atom. The first kappa shape index (κ1) is 29.7. The maximum atomic E-state index is 13.0. The van der Waals surface area contributed by atoms with Crippen LogP contribution in [0.5, 0.6) is 0 Å². The molecule has 5 aliphatic rings. The van der Waals surface area contributed by atoms with Crippen LogP contribution in [0, 0.1) is 23.7 Å². The second-order valence-corrected chi connectivity index (χ2v) is 14.4. The summed E-state index contributed by atoms with van der Waals surface area (Å²) in [5.74, 6) is 3.16. The number of thioether (sulfide) groups is 1. The third kappa shape index (κ3) is 6.52. The van der Waals surface area contributed by atoms with Crippen molar-refractivity contribution < 1.29 is 19.4 Å². The number of hydrogen-bond acceptors (Lipinski definition) is 7. The smallest absolute Gasteiger partial charge is 0.315 e. The summed E-state index contributed by atoms with van der Waals surface area (Å²) in [6, 6.07) is 17.9. The predicted molar refractivity (Wildman–Crippen MR) is 168 cm³/mol. The molecule has 4 saturated carbocycles. The molecule has 4 bridgehead atoms. The second kappa shape index (κ2) is 12.8. The fraction of sp³-hybridized carbons (Fsp3) is 0.514. The molecule has 44 heavy (non-hydrogen) atoms. The van der Waals surface area contributed by atoms with Crippen molar-refractivity contribution in [3.05, 3.63) is 89.2 Å². The Morgan fingerprint density at radius 2 is 1.52 bits per heavy atom. The molecule has 4 aliphatic carbocycles. The van der Waals surface area contributed by atoms with Crippen LogP contribution in [0.2, 0.25) is 0 Å². The van der Waals surface area contributed by atoms with Gasteiger partial charge in [0.25, 0.3) is 0 Å². The number of ether oxygens (including phenoxy) is 2. The molecule has 9 heteroatoms. The summed E-state index contributed by atoms with van der Waals surface area (Å²) in [7, 11) is 0. The molecule has 0 radical (unpaired) electrons. The van der Waals surface area contributed by atoms with Crippen molar-refractivity contribution in [1.82, 2.24) is 20.6 Å². The molecule has 0 spiro atoms. The van der Waals surface area contributed by atoms with Crippen LogP contribution >= 0.6 is 11.8 Å². The molecule has 4 unspecified atom stereocenters. The summed E-state index contributed by atoms with van der Waals surface area (Å²) in [4.78, 5) is 21.7. The number of aliphatic hydroxyl groups excluding tert-OH is 1. The molecule has 5 fully saturated rings. The van der Waals surface area contributed by atoms with Gasteiger partial charge in [0.05, 0.1) is 18.8 Å². The minimum Gasteiger partial charge on any atom is -0.392 e. The Labute approximate surface area is 263 Å². The normalized spacial score (nSPS) is 32.4. The molecule has 8 nitrogen and oxygen atoms in total. The van der Waals surface area contributed by atoms with Crippen LogP contribution in [0.1, 0.15) is 80.1 Å². The van der Waals surface area contributed by atoms with Gasteiger partial charge >= 0.3 is 6.03 Å². The van der Waals surface area contributed by atoms with Crippen molar-refractivity contribution >= 4 is 17.8 Å². The van der Waals surface area contributed by atoms with Crippen LogP contribution in [-0.2, 0) is 22.6 Å². The molecule has 3 N–H and O–H groups in total. The van der Waals surface area contributed by atoms with Crippen molar-refractivity contribution in [2.75, 3.05) is 5.75 Å². The summed E-state index contributed by atoms with van der Waals surface area (Å²) in [6.07, 6.45) is 10.2. The minimum absolute atomic E-state index is 0.00586. The lowest BCUT2D eigenvalue weighted by Gasteiger charge is -2.56. The summed E-state index contributed by atoms with van der Waals surface area (Å²) >= 11 is 1.58. The molecule has 2 amide bonds. The summed E-state index contributed by atoms with van der Waals surface area (Å²) in [6.45, 7) is 2.63. The summed E-state index contributed by atoms with van der Waals surface area (Å²) in [5, 5.41) is 16.8. The number of nitrogens with one attached hydrogen (secondary N) is 2. The summed E-state index contributed by atoms with van der Waals surface area (Å²) < 4.78 is 13.2. The molecule has 232 valence electrons. The highest BCUT2D eigenvalue weighted by atomic mass is 32.2. The van der Waals surface area contributed by atoms with Gasteiger partial charge in [0.1, 0.15) is 0 Å². The van der Waals surface area contributed by atoms with E-state index in [1.165, 1.54) is 19.3 Å². The number of rotatable bonds is 9. The minimum atomic E-state index is -0.544. The lowest BCUT2D eigenvalue weighted by Crippen LogP contribution is -2.61. The number of aliphatic hydroxyl groups is 1. The van der Waals surface area contributed by atoms with Gasteiger partial charge in [-0.2, -0.15) is 0 Å². The van der Waals surface area contributed by atoms with Gasteiger partial charge in [-0.1, -0.05) is 67.2 Å². The van der Waals surface area contributed by atoms with E-state index in [0.717, 1.165) is 64.4 Å². The van der Waals surface area contributed by atoms with Crippen LogP contribution < -0.4 is 10.6 Å². The zero-order valence-electron chi connectivity index (χ0n) is 25.2. The average Bonchev–Trinajstić information content (AvgIpc) is 3.03. The predicted octanol–water partition coefficient (Wildman–Crippen LogP) is 6.32. The number of amides is 2. The van der Waals surface area contributed by atoms with Gasteiger partial charge in [-0.25, -0.2) is 14.8 Å². The molecular formula is C35H42N4O4S. The zero-order chi connectivity index (χ0) is 30.1. The van der Waals surface area contributed by atoms with Crippen molar-refractivity contribution in [3.8, 4) is 0 Å². The van der Waals surface area contributed by atoms with Gasteiger partial charge in [-0.3, -0.25) is 0 Å². The highest BCUT2D eigenvalue weighted by Gasteiger charge is 2.51. The number of benzene rings is 2. The molecule has 4 atom stereocenters. The molecule has 8 rings (SSSR count). The average molecular weight is 615 g/mol. The number of carbonyl (C=O) groups is 1. The first-order valence-corrected chi connectivity index (χ1v) is 17.0. The largest absolute Gasteiger partial charge is 0.392 e. The monoisotopic (exact) mass is 614 g/mol. The second-order valence-electron chi connectivity index (χ2n) is 13.4. The number of carbonyl (C=O) groups excluding carboxylic acids is 1. The number of nitrogens with zero attached hydrogens (tertiary/aromatic N) is 2. The van der Waals surface area contributed by atoms with Gasteiger partial charge in [0.15, 0.2) is 11.4 Å². The van der Waals surface area contributed by atoms with E-state index in [2.05, 4.69) is 27.5 Å². The van der Waals surface area contributed by atoms with Gasteiger partial charge in [-0.15, -0.1) is 0 Å². The Morgan fingerprint density at radius 1 is 0.909 bits per heavy atom. The first-order chi connectivity index (χ1) is 21.4. The number of hydrogen-bond donors (Lipinski definition) is 3. The van der Waals surface area contributed by atoms with Crippen molar-refractivity contribution in [2.24, 2.45) is 23.7 Å². The fourth-order valence-corrected chi connectivity index (χ4v) is 9.32. The Balaban J connectivity index is 1.00. The van der Waals surface area contributed by atoms with E-state index < -0.39 is 6.29 Å². The van der Waals surface area contributed by atoms with Gasteiger partial charge < -0.3 is 25.2 Å². The summed E-state index contributed by atoms with van der Waals surface area (Å²) in [5.41, 5.74) is 3.89.